The van der Waals surface area contributed by atoms with Crippen molar-refractivity contribution >= 4 is 29.9 Å². The van der Waals surface area contributed by atoms with E-state index >= 15 is 0 Å². The standard InChI is InChI=1S/C15H25N3O2.HI/c1-16-15(17-10-7-12-19-3)18(2)11-13-20-14-8-5-4-6-9-14;/h4-6,8-9H,7,10-13H2,1-3H3,(H,16,17);1H. The molecule has 21 heavy (non-hydrogen) atoms. The molecule has 5 nitrogen and oxygen atoms in total. The van der Waals surface area contributed by atoms with Crippen LogP contribution in [0.1, 0.15) is 6.42 Å². The molecule has 0 atom stereocenters. The van der Waals surface area contributed by atoms with Crippen LogP contribution in [0.4, 0.5) is 0 Å². The van der Waals surface area contributed by atoms with Crippen molar-refractivity contribution in [3.63, 3.8) is 0 Å². The van der Waals surface area contributed by atoms with Crippen LogP contribution in [0, 0.1) is 0 Å². The first-order valence-corrected chi connectivity index (χ1v) is 6.86. The average Bonchev–Trinajstić information content (AvgIpc) is 2.48. The lowest BCUT2D eigenvalue weighted by atomic mass is 10.3. The van der Waals surface area contributed by atoms with Gasteiger partial charge in [0.2, 0.25) is 0 Å². The highest BCUT2D eigenvalue weighted by Gasteiger charge is 2.05. The van der Waals surface area contributed by atoms with Gasteiger partial charge >= 0.3 is 0 Å². The number of halogens is 1. The maximum atomic E-state index is 5.67. The highest BCUT2D eigenvalue weighted by Crippen LogP contribution is 2.07. The molecule has 0 saturated carbocycles. The van der Waals surface area contributed by atoms with Crippen LogP contribution in [0.15, 0.2) is 35.3 Å². The molecule has 0 aliphatic carbocycles. The topological polar surface area (TPSA) is 46.1 Å². The van der Waals surface area contributed by atoms with E-state index in [9.17, 15) is 0 Å². The fraction of sp³-hybridized carbons (Fsp3) is 0.533. The molecule has 6 heteroatoms. The molecule has 0 bridgehead atoms. The number of likely N-dealkylation sites (N-methyl/N-ethyl adjacent to an activating group) is 1. The Morgan fingerprint density at radius 3 is 2.57 bits per heavy atom. The quantitative estimate of drug-likeness (QED) is 0.311. The molecule has 0 unspecified atom stereocenters. The van der Waals surface area contributed by atoms with Gasteiger partial charge in [0.1, 0.15) is 12.4 Å². The van der Waals surface area contributed by atoms with Gasteiger partial charge in [-0.25, -0.2) is 0 Å². The summed E-state index contributed by atoms with van der Waals surface area (Å²) < 4.78 is 10.7. The van der Waals surface area contributed by atoms with Crippen LogP contribution in [0.5, 0.6) is 5.75 Å². The van der Waals surface area contributed by atoms with Gasteiger partial charge in [-0.2, -0.15) is 0 Å². The van der Waals surface area contributed by atoms with Gasteiger partial charge in [0.15, 0.2) is 5.96 Å². The number of rotatable bonds is 8. The van der Waals surface area contributed by atoms with Crippen molar-refractivity contribution in [3.8, 4) is 5.75 Å². The maximum Gasteiger partial charge on any atom is 0.193 e. The van der Waals surface area contributed by atoms with Gasteiger partial charge in [0.05, 0.1) is 6.54 Å². The molecule has 0 amide bonds. The van der Waals surface area contributed by atoms with E-state index in [0.717, 1.165) is 37.8 Å². The van der Waals surface area contributed by atoms with Gasteiger partial charge < -0.3 is 19.7 Å². The number of hydrogen-bond acceptors (Lipinski definition) is 3. The third-order valence-corrected chi connectivity index (χ3v) is 2.82. The van der Waals surface area contributed by atoms with E-state index in [4.69, 9.17) is 9.47 Å². The summed E-state index contributed by atoms with van der Waals surface area (Å²) in [5.74, 6) is 1.77. The number of benzene rings is 1. The number of methoxy groups -OCH3 is 1. The lowest BCUT2D eigenvalue weighted by Crippen LogP contribution is -2.41. The first kappa shape index (κ1) is 20.0. The first-order valence-electron chi connectivity index (χ1n) is 6.86. The summed E-state index contributed by atoms with van der Waals surface area (Å²) in [4.78, 5) is 6.30. The molecule has 0 fully saturated rings. The Balaban J connectivity index is 0.00000400. The summed E-state index contributed by atoms with van der Waals surface area (Å²) in [5, 5.41) is 3.29. The van der Waals surface area contributed by atoms with Crippen LogP contribution < -0.4 is 10.1 Å². The van der Waals surface area contributed by atoms with E-state index in [0.29, 0.717) is 6.61 Å². The molecule has 1 N–H and O–H groups in total. The maximum absolute atomic E-state index is 5.67. The van der Waals surface area contributed by atoms with Crippen LogP contribution in [0.2, 0.25) is 0 Å². The van der Waals surface area contributed by atoms with Crippen molar-refractivity contribution in [1.29, 1.82) is 0 Å². The Hall–Kier alpha value is -1.02. The molecule has 0 spiro atoms. The van der Waals surface area contributed by atoms with Gasteiger partial charge in [-0.05, 0) is 18.6 Å². The number of hydrogen-bond donors (Lipinski definition) is 1. The number of para-hydroxylation sites is 1. The van der Waals surface area contributed by atoms with Crippen LogP contribution in [-0.4, -0.2) is 58.4 Å². The molecule has 1 rings (SSSR count). The van der Waals surface area contributed by atoms with Gasteiger partial charge in [-0.1, -0.05) is 18.2 Å². The van der Waals surface area contributed by atoms with Crippen molar-refractivity contribution < 1.29 is 9.47 Å². The number of ether oxygens (including phenoxy) is 2. The van der Waals surface area contributed by atoms with E-state index in [2.05, 4.69) is 15.2 Å². The summed E-state index contributed by atoms with van der Waals surface area (Å²) in [7, 11) is 5.50. The third kappa shape index (κ3) is 8.77. The molecular formula is C15H26IN3O2. The lowest BCUT2D eigenvalue weighted by molar-refractivity contribution is 0.195. The summed E-state index contributed by atoms with van der Waals surface area (Å²) in [6, 6.07) is 9.82. The second-order valence-corrected chi connectivity index (χ2v) is 4.40. The molecule has 120 valence electrons. The van der Waals surface area contributed by atoms with E-state index < -0.39 is 0 Å². The Morgan fingerprint density at radius 2 is 1.95 bits per heavy atom. The molecule has 0 aliphatic rings. The van der Waals surface area contributed by atoms with Crippen LogP contribution in [0.3, 0.4) is 0 Å². The number of aliphatic imine (C=N–C) groups is 1. The van der Waals surface area contributed by atoms with Crippen molar-refractivity contribution in [3.05, 3.63) is 30.3 Å². The van der Waals surface area contributed by atoms with Crippen LogP contribution in [0.25, 0.3) is 0 Å². The molecule has 1 aromatic rings. The van der Waals surface area contributed by atoms with Gasteiger partial charge in [-0.15, -0.1) is 24.0 Å². The van der Waals surface area contributed by atoms with E-state index in [1.807, 2.05) is 37.4 Å². The predicted molar refractivity (Wildman–Crippen MR) is 97.8 cm³/mol. The zero-order chi connectivity index (χ0) is 14.6. The normalized spacial score (nSPS) is 10.7. The zero-order valence-electron chi connectivity index (χ0n) is 13.0. The second kappa shape index (κ2) is 12.7. The SMILES string of the molecule is CN=C(NCCCOC)N(C)CCOc1ccccc1.I. The molecule has 0 radical (unpaired) electrons. The molecule has 0 aliphatic heterocycles. The second-order valence-electron chi connectivity index (χ2n) is 4.40. The number of guanidine groups is 1. The first-order chi connectivity index (χ1) is 9.77. The molecule has 0 saturated heterocycles. The van der Waals surface area contributed by atoms with Gasteiger partial charge in [0, 0.05) is 34.4 Å². The van der Waals surface area contributed by atoms with Crippen LogP contribution >= 0.6 is 24.0 Å². The van der Waals surface area contributed by atoms with Crippen molar-refractivity contribution in [1.82, 2.24) is 10.2 Å². The summed E-state index contributed by atoms with van der Waals surface area (Å²) in [5.41, 5.74) is 0. The summed E-state index contributed by atoms with van der Waals surface area (Å²) in [6.07, 6.45) is 0.962. The number of nitrogens with zero attached hydrogens (tertiary/aromatic N) is 2. The largest absolute Gasteiger partial charge is 0.492 e. The molecule has 0 heterocycles. The fourth-order valence-corrected chi connectivity index (χ4v) is 1.72. The van der Waals surface area contributed by atoms with E-state index in [-0.39, 0.29) is 24.0 Å². The highest BCUT2D eigenvalue weighted by atomic mass is 127. The van der Waals surface area contributed by atoms with Crippen LogP contribution in [-0.2, 0) is 4.74 Å². The minimum atomic E-state index is 0. The molecule has 1 aromatic carbocycles. The summed E-state index contributed by atoms with van der Waals surface area (Å²) >= 11 is 0. The van der Waals surface area contributed by atoms with Crippen molar-refractivity contribution in [2.45, 2.75) is 6.42 Å². The Kier molecular flexibility index (Phi) is 12.1. The minimum absolute atomic E-state index is 0. The zero-order valence-corrected chi connectivity index (χ0v) is 15.4. The van der Waals surface area contributed by atoms with Gasteiger partial charge in [0.25, 0.3) is 0 Å². The van der Waals surface area contributed by atoms with Crippen molar-refractivity contribution in [2.75, 3.05) is 47.5 Å². The smallest absolute Gasteiger partial charge is 0.193 e. The highest BCUT2D eigenvalue weighted by molar-refractivity contribution is 14.0. The Morgan fingerprint density at radius 1 is 1.24 bits per heavy atom. The Bertz CT molecular complexity index is 388. The van der Waals surface area contributed by atoms with E-state index in [1.165, 1.54) is 0 Å². The molecular weight excluding hydrogens is 381 g/mol. The van der Waals surface area contributed by atoms with Gasteiger partial charge in [-0.3, -0.25) is 4.99 Å². The lowest BCUT2D eigenvalue weighted by Gasteiger charge is -2.22. The predicted octanol–water partition coefficient (Wildman–Crippen LogP) is 2.23. The Labute approximate surface area is 144 Å². The average molecular weight is 407 g/mol. The molecule has 0 aromatic heterocycles. The van der Waals surface area contributed by atoms with E-state index in [1.54, 1.807) is 14.2 Å². The number of nitrogens with one attached hydrogen (secondary N) is 1. The third-order valence-electron chi connectivity index (χ3n) is 2.82. The fourth-order valence-electron chi connectivity index (χ4n) is 1.72. The van der Waals surface area contributed by atoms with Crippen molar-refractivity contribution in [2.24, 2.45) is 4.99 Å². The monoisotopic (exact) mass is 407 g/mol. The minimum Gasteiger partial charge on any atom is -0.492 e. The summed E-state index contributed by atoms with van der Waals surface area (Å²) in [6.45, 7) is 3.01.